The smallest absolute Gasteiger partial charge is 0.181 e. The molecule has 0 aromatic carbocycles. The highest BCUT2D eigenvalue weighted by molar-refractivity contribution is 7.10. The van der Waals surface area contributed by atoms with Crippen LogP contribution in [0.1, 0.15) is 36.1 Å². The summed E-state index contributed by atoms with van der Waals surface area (Å²) in [5.74, 6) is 0. The second-order valence-electron chi connectivity index (χ2n) is 3.91. The summed E-state index contributed by atoms with van der Waals surface area (Å²) >= 11 is 1.21. The van der Waals surface area contributed by atoms with Gasteiger partial charge >= 0.3 is 0 Å². The third-order valence-electron chi connectivity index (χ3n) is 2.84. The Kier molecular flexibility index (Phi) is 2.16. The molecular weight excluding hydrogens is 185 g/mol. The van der Waals surface area contributed by atoms with Gasteiger partial charge in [0.15, 0.2) is 5.13 Å². The van der Waals surface area contributed by atoms with Crippen LogP contribution in [0, 0.1) is 12.1 Å². The fraction of sp³-hybridized carbons (Fsp3) is 0.600. The Morgan fingerprint density at radius 3 is 2.54 bits per heavy atom. The van der Waals surface area contributed by atoms with Crippen LogP contribution in [0.25, 0.3) is 0 Å². The van der Waals surface area contributed by atoms with E-state index in [0.29, 0.717) is 0 Å². The van der Waals surface area contributed by atoms with Crippen LogP contribution in [-0.4, -0.2) is 0 Å². The maximum absolute atomic E-state index is 13.4. The first-order valence-corrected chi connectivity index (χ1v) is 5.49. The molecule has 1 heterocycles. The molecule has 0 aliphatic heterocycles. The summed E-state index contributed by atoms with van der Waals surface area (Å²) in [7, 11) is 0. The molecule has 0 spiro atoms. The van der Waals surface area contributed by atoms with E-state index in [0.717, 1.165) is 36.1 Å². The zero-order valence-corrected chi connectivity index (χ0v) is 8.59. The van der Waals surface area contributed by atoms with Gasteiger partial charge in [0.05, 0.1) is 0 Å². The van der Waals surface area contributed by atoms with Crippen LogP contribution in [0.5, 0.6) is 0 Å². The van der Waals surface area contributed by atoms with Crippen molar-refractivity contribution in [2.75, 3.05) is 0 Å². The molecule has 3 heteroatoms. The molecular formula is C10H14FNS. The van der Waals surface area contributed by atoms with E-state index >= 15 is 0 Å². The second kappa shape index (κ2) is 3.07. The van der Waals surface area contributed by atoms with Crippen LogP contribution in [0.3, 0.4) is 0 Å². The van der Waals surface area contributed by atoms with Crippen LogP contribution < -0.4 is 5.73 Å². The van der Waals surface area contributed by atoms with Crippen molar-refractivity contribution >= 4 is 11.3 Å². The van der Waals surface area contributed by atoms with E-state index in [1.165, 1.54) is 11.3 Å². The monoisotopic (exact) mass is 199 g/mol. The highest BCUT2D eigenvalue weighted by atomic mass is 32.1. The minimum atomic E-state index is -0.366. The lowest BCUT2D eigenvalue weighted by atomic mass is 9.91. The van der Waals surface area contributed by atoms with Crippen molar-refractivity contribution in [1.82, 2.24) is 0 Å². The molecule has 1 saturated carbocycles. The molecule has 0 radical (unpaired) electrons. The minimum Gasteiger partial charge on any atom is -0.321 e. The van der Waals surface area contributed by atoms with Gasteiger partial charge in [-0.05, 0) is 25.8 Å². The van der Waals surface area contributed by atoms with Gasteiger partial charge < -0.3 is 5.73 Å². The number of hydrogen-bond acceptors (Lipinski definition) is 2. The maximum Gasteiger partial charge on any atom is 0.181 e. The summed E-state index contributed by atoms with van der Waals surface area (Å²) in [6, 6.07) is 1.91. The molecule has 0 unspecified atom stereocenters. The number of rotatable bonds is 1. The van der Waals surface area contributed by atoms with Gasteiger partial charge in [-0.1, -0.05) is 12.8 Å². The van der Waals surface area contributed by atoms with Gasteiger partial charge in [0, 0.05) is 16.0 Å². The van der Waals surface area contributed by atoms with Crippen molar-refractivity contribution in [1.29, 1.82) is 0 Å². The van der Waals surface area contributed by atoms with Gasteiger partial charge in [-0.15, -0.1) is 11.3 Å². The first-order chi connectivity index (χ1) is 6.12. The molecule has 1 nitrogen and oxygen atoms in total. The third-order valence-corrected chi connectivity index (χ3v) is 3.68. The average Bonchev–Trinajstić information content (AvgIpc) is 2.59. The highest BCUT2D eigenvalue weighted by Crippen LogP contribution is 2.39. The van der Waals surface area contributed by atoms with E-state index in [2.05, 4.69) is 0 Å². The molecule has 1 fully saturated rings. The molecule has 1 aliphatic rings. The van der Waals surface area contributed by atoms with Crippen molar-refractivity contribution < 1.29 is 4.39 Å². The molecule has 2 rings (SSSR count). The van der Waals surface area contributed by atoms with Crippen molar-refractivity contribution in [2.24, 2.45) is 5.73 Å². The molecule has 2 N–H and O–H groups in total. The largest absolute Gasteiger partial charge is 0.321 e. The van der Waals surface area contributed by atoms with Crippen molar-refractivity contribution in [2.45, 2.75) is 38.1 Å². The third kappa shape index (κ3) is 1.51. The van der Waals surface area contributed by atoms with Crippen LogP contribution >= 0.6 is 11.3 Å². The first kappa shape index (κ1) is 9.16. The summed E-state index contributed by atoms with van der Waals surface area (Å²) < 4.78 is 13.4. The Morgan fingerprint density at radius 2 is 2.08 bits per heavy atom. The predicted octanol–water partition coefficient (Wildman–Crippen LogP) is 2.92. The highest BCUT2D eigenvalue weighted by Gasteiger charge is 2.34. The Labute approximate surface area is 81.8 Å². The molecule has 1 aromatic rings. The van der Waals surface area contributed by atoms with E-state index in [9.17, 15) is 4.39 Å². The van der Waals surface area contributed by atoms with Crippen molar-refractivity contribution in [3.05, 3.63) is 21.6 Å². The second-order valence-corrected chi connectivity index (χ2v) is 5.11. The summed E-state index contributed by atoms with van der Waals surface area (Å²) in [5, 5.41) is -0.0816. The van der Waals surface area contributed by atoms with Crippen molar-refractivity contribution in [3.8, 4) is 0 Å². The van der Waals surface area contributed by atoms with Gasteiger partial charge in [-0.3, -0.25) is 0 Å². The quantitative estimate of drug-likeness (QED) is 0.739. The lowest BCUT2D eigenvalue weighted by molar-refractivity contribution is 0.440. The minimum absolute atomic E-state index is 0.0816. The number of nitrogens with two attached hydrogens (primary N) is 1. The van der Waals surface area contributed by atoms with Crippen LogP contribution in [0.2, 0.25) is 0 Å². The van der Waals surface area contributed by atoms with Crippen molar-refractivity contribution in [3.63, 3.8) is 0 Å². The first-order valence-electron chi connectivity index (χ1n) is 4.67. The Balaban J connectivity index is 2.38. The van der Waals surface area contributed by atoms with Crippen LogP contribution in [-0.2, 0) is 5.54 Å². The Morgan fingerprint density at radius 1 is 1.46 bits per heavy atom. The van der Waals surface area contributed by atoms with E-state index in [-0.39, 0.29) is 10.7 Å². The zero-order chi connectivity index (χ0) is 9.47. The summed E-state index contributed by atoms with van der Waals surface area (Å²) in [4.78, 5) is 1.02. The van der Waals surface area contributed by atoms with Gasteiger partial charge in [-0.25, -0.2) is 0 Å². The lowest BCUT2D eigenvalue weighted by Gasteiger charge is -2.22. The van der Waals surface area contributed by atoms with Gasteiger partial charge in [0.1, 0.15) is 0 Å². The zero-order valence-electron chi connectivity index (χ0n) is 7.77. The molecule has 0 amide bonds. The molecule has 0 saturated heterocycles. The van der Waals surface area contributed by atoms with Crippen LogP contribution in [0.4, 0.5) is 4.39 Å². The lowest BCUT2D eigenvalue weighted by Crippen LogP contribution is -2.33. The predicted molar refractivity (Wildman–Crippen MR) is 53.3 cm³/mol. The van der Waals surface area contributed by atoms with Gasteiger partial charge in [0.2, 0.25) is 0 Å². The van der Waals surface area contributed by atoms with E-state index in [4.69, 9.17) is 5.73 Å². The number of thiophene rings is 1. The number of hydrogen-bond donors (Lipinski definition) is 1. The Hall–Kier alpha value is -0.410. The van der Waals surface area contributed by atoms with E-state index in [1.54, 1.807) is 0 Å². The maximum atomic E-state index is 13.4. The van der Waals surface area contributed by atoms with Crippen LogP contribution in [0.15, 0.2) is 6.07 Å². The number of halogens is 1. The molecule has 72 valence electrons. The molecule has 13 heavy (non-hydrogen) atoms. The average molecular weight is 199 g/mol. The molecule has 0 atom stereocenters. The molecule has 1 aromatic heterocycles. The fourth-order valence-electron chi connectivity index (χ4n) is 2.10. The normalized spacial score (nSPS) is 20.8. The Bertz CT molecular complexity index is 313. The van der Waals surface area contributed by atoms with E-state index < -0.39 is 0 Å². The summed E-state index contributed by atoms with van der Waals surface area (Å²) in [6.45, 7) is 1.93. The summed E-state index contributed by atoms with van der Waals surface area (Å²) in [6.07, 6.45) is 4.12. The van der Waals surface area contributed by atoms with Gasteiger partial charge in [0.25, 0.3) is 0 Å². The SMILES string of the molecule is Cc1cc(C2(N)CCCC2)c(F)s1. The fourth-order valence-corrected chi connectivity index (χ4v) is 2.93. The standard InChI is InChI=1S/C10H14FNS/c1-7-6-8(9(11)13-7)10(12)4-2-3-5-10/h6H,2-5,12H2,1H3. The number of aryl methyl sites for hydroxylation is 1. The van der Waals surface area contributed by atoms with Gasteiger partial charge in [-0.2, -0.15) is 4.39 Å². The molecule has 1 aliphatic carbocycles. The topological polar surface area (TPSA) is 26.0 Å². The summed E-state index contributed by atoms with van der Waals surface area (Å²) in [5.41, 5.74) is 6.54. The molecule has 0 bridgehead atoms. The van der Waals surface area contributed by atoms with E-state index in [1.807, 2.05) is 13.0 Å².